The minimum absolute atomic E-state index is 0.0850. The quantitative estimate of drug-likeness (QED) is 0.751. The van der Waals surface area contributed by atoms with E-state index in [1.807, 2.05) is 40.7 Å². The van der Waals surface area contributed by atoms with Gasteiger partial charge in [0, 0.05) is 22.9 Å². The van der Waals surface area contributed by atoms with Crippen LogP contribution >= 0.6 is 0 Å². The Kier molecular flexibility index (Phi) is 5.04. The van der Waals surface area contributed by atoms with Crippen molar-refractivity contribution in [3.63, 3.8) is 0 Å². The topological polar surface area (TPSA) is 92.5 Å². The van der Waals surface area contributed by atoms with E-state index in [-0.39, 0.29) is 30.0 Å². The number of amides is 2. The number of ether oxygens (including phenoxy) is 2. The largest absolute Gasteiger partial charge is 0.493 e. The lowest BCUT2D eigenvalue weighted by atomic mass is 10.1. The zero-order valence-electron chi connectivity index (χ0n) is 16.5. The van der Waals surface area contributed by atoms with Gasteiger partial charge in [-0.1, -0.05) is 0 Å². The van der Waals surface area contributed by atoms with Crippen molar-refractivity contribution in [2.45, 2.75) is 52.7 Å². The summed E-state index contributed by atoms with van der Waals surface area (Å²) in [5, 5.41) is 6.26. The van der Waals surface area contributed by atoms with Crippen molar-refractivity contribution in [3.05, 3.63) is 23.4 Å². The second kappa shape index (κ2) is 7.13. The molecule has 1 unspecified atom stereocenters. The first-order chi connectivity index (χ1) is 12.7. The maximum Gasteiger partial charge on any atom is 0.268 e. The summed E-state index contributed by atoms with van der Waals surface area (Å²) in [6, 6.07) is 3.72. The predicted octanol–water partition coefficient (Wildman–Crippen LogP) is 2.53. The van der Waals surface area contributed by atoms with Crippen molar-refractivity contribution < 1.29 is 19.1 Å². The molecule has 1 aromatic carbocycles. The van der Waals surface area contributed by atoms with Gasteiger partial charge >= 0.3 is 0 Å². The Morgan fingerprint density at radius 2 is 2.07 bits per heavy atom. The molecule has 27 heavy (non-hydrogen) atoms. The lowest BCUT2D eigenvalue weighted by Gasteiger charge is -2.20. The summed E-state index contributed by atoms with van der Waals surface area (Å²) in [6.07, 6.45) is 0.889. The van der Waals surface area contributed by atoms with E-state index in [0.29, 0.717) is 12.3 Å². The molecule has 7 nitrogen and oxygen atoms in total. The number of benzene rings is 1. The summed E-state index contributed by atoms with van der Waals surface area (Å²) < 4.78 is 11.7. The smallest absolute Gasteiger partial charge is 0.268 e. The third-order valence-electron chi connectivity index (χ3n) is 4.20. The fraction of sp³-hybridized carbons (Fsp3) is 0.500. The zero-order valence-corrected chi connectivity index (χ0v) is 16.5. The Bertz CT molecular complexity index is 879. The van der Waals surface area contributed by atoms with E-state index < -0.39 is 0 Å². The molecule has 1 atom stereocenters. The highest BCUT2D eigenvalue weighted by Crippen LogP contribution is 2.41. The number of aromatic nitrogens is 1. The van der Waals surface area contributed by atoms with Gasteiger partial charge in [0.2, 0.25) is 5.91 Å². The Morgan fingerprint density at radius 1 is 1.33 bits per heavy atom. The number of fused-ring (bicyclic) bond motifs is 3. The van der Waals surface area contributed by atoms with Crippen LogP contribution in [0.3, 0.4) is 0 Å². The number of aromatic amines is 1. The normalized spacial score (nSPS) is 16.0. The molecule has 1 aliphatic heterocycles. The number of hydrogen-bond acceptors (Lipinski definition) is 4. The van der Waals surface area contributed by atoms with Crippen LogP contribution in [0.4, 0.5) is 0 Å². The standard InChI is InChI=1S/C20H27N3O4/c1-6-26-15-8-12-7-11(2)27-18(12)17-13(15)9-14(22-17)19(25)21-10-16(24)23-20(3,4)5/h8-9,11,22H,6-7,10H2,1-5H3,(H,21,25)(H,23,24). The van der Waals surface area contributed by atoms with E-state index in [2.05, 4.69) is 15.6 Å². The SMILES string of the molecule is CCOc1cc2c(c3[nH]c(C(=O)NCC(=O)NC(C)(C)C)cc13)OC(C)C2. The van der Waals surface area contributed by atoms with Gasteiger partial charge in [-0.2, -0.15) is 0 Å². The van der Waals surface area contributed by atoms with E-state index in [9.17, 15) is 9.59 Å². The molecule has 2 aromatic rings. The Morgan fingerprint density at radius 3 is 2.74 bits per heavy atom. The molecular weight excluding hydrogens is 346 g/mol. The zero-order chi connectivity index (χ0) is 19.8. The van der Waals surface area contributed by atoms with Crippen molar-refractivity contribution in [3.8, 4) is 11.5 Å². The van der Waals surface area contributed by atoms with Crippen molar-refractivity contribution in [1.82, 2.24) is 15.6 Å². The number of carbonyl (C=O) groups excluding carboxylic acids is 2. The highest BCUT2D eigenvalue weighted by atomic mass is 16.5. The fourth-order valence-electron chi connectivity index (χ4n) is 3.24. The van der Waals surface area contributed by atoms with Gasteiger partial charge in [0.05, 0.1) is 18.7 Å². The number of carbonyl (C=O) groups is 2. The molecule has 0 aliphatic carbocycles. The molecule has 3 rings (SSSR count). The lowest BCUT2D eigenvalue weighted by Crippen LogP contribution is -2.45. The monoisotopic (exact) mass is 373 g/mol. The molecule has 0 bridgehead atoms. The molecule has 1 aromatic heterocycles. The molecule has 2 heterocycles. The van der Waals surface area contributed by atoms with Crippen LogP contribution < -0.4 is 20.1 Å². The van der Waals surface area contributed by atoms with Gasteiger partial charge in [0.1, 0.15) is 23.3 Å². The van der Waals surface area contributed by atoms with Gasteiger partial charge in [0.25, 0.3) is 5.91 Å². The predicted molar refractivity (Wildman–Crippen MR) is 103 cm³/mol. The van der Waals surface area contributed by atoms with Gasteiger partial charge in [-0.3, -0.25) is 9.59 Å². The van der Waals surface area contributed by atoms with E-state index >= 15 is 0 Å². The Balaban J connectivity index is 1.83. The molecule has 0 saturated carbocycles. The van der Waals surface area contributed by atoms with E-state index in [1.165, 1.54) is 0 Å². The summed E-state index contributed by atoms with van der Waals surface area (Å²) in [4.78, 5) is 27.6. The van der Waals surface area contributed by atoms with Crippen molar-refractivity contribution in [2.75, 3.05) is 13.2 Å². The van der Waals surface area contributed by atoms with Crippen LogP contribution in [0.2, 0.25) is 0 Å². The summed E-state index contributed by atoms with van der Waals surface area (Å²) in [5.74, 6) is 0.910. The van der Waals surface area contributed by atoms with E-state index in [4.69, 9.17) is 9.47 Å². The van der Waals surface area contributed by atoms with Crippen LogP contribution in [-0.4, -0.2) is 41.6 Å². The van der Waals surface area contributed by atoms with E-state index in [0.717, 1.165) is 34.4 Å². The van der Waals surface area contributed by atoms with Gasteiger partial charge in [-0.05, 0) is 46.8 Å². The van der Waals surface area contributed by atoms with Crippen molar-refractivity contribution in [1.29, 1.82) is 0 Å². The molecule has 7 heteroatoms. The molecule has 3 N–H and O–H groups in total. The van der Waals surface area contributed by atoms with Gasteiger partial charge in [-0.25, -0.2) is 0 Å². The first kappa shape index (κ1) is 19.1. The van der Waals surface area contributed by atoms with Crippen LogP contribution in [0.5, 0.6) is 11.5 Å². The highest BCUT2D eigenvalue weighted by Gasteiger charge is 2.26. The molecule has 0 saturated heterocycles. The van der Waals surface area contributed by atoms with Crippen LogP contribution in [0.15, 0.2) is 12.1 Å². The fourth-order valence-corrected chi connectivity index (χ4v) is 3.24. The lowest BCUT2D eigenvalue weighted by molar-refractivity contribution is -0.121. The summed E-state index contributed by atoms with van der Waals surface area (Å²) >= 11 is 0. The minimum Gasteiger partial charge on any atom is -0.493 e. The van der Waals surface area contributed by atoms with Gasteiger partial charge < -0.3 is 25.1 Å². The number of rotatable bonds is 5. The van der Waals surface area contributed by atoms with Crippen LogP contribution in [0, 0.1) is 0 Å². The average molecular weight is 373 g/mol. The molecule has 0 fully saturated rings. The molecule has 1 aliphatic rings. The Hall–Kier alpha value is -2.70. The van der Waals surface area contributed by atoms with Crippen LogP contribution in [0.1, 0.15) is 50.7 Å². The second-order valence-corrected chi connectivity index (χ2v) is 7.88. The molecule has 146 valence electrons. The third-order valence-corrected chi connectivity index (χ3v) is 4.20. The summed E-state index contributed by atoms with van der Waals surface area (Å²) in [5.41, 5.74) is 1.84. The van der Waals surface area contributed by atoms with E-state index in [1.54, 1.807) is 6.07 Å². The molecule has 0 spiro atoms. The maximum absolute atomic E-state index is 12.5. The van der Waals surface area contributed by atoms with Gasteiger partial charge in [0.15, 0.2) is 0 Å². The second-order valence-electron chi connectivity index (χ2n) is 7.88. The summed E-state index contributed by atoms with van der Waals surface area (Å²) in [6.45, 7) is 10.0. The Labute approximate surface area is 158 Å². The molecular formula is C20H27N3O4. The minimum atomic E-state index is -0.350. The third kappa shape index (κ3) is 4.18. The number of hydrogen-bond donors (Lipinski definition) is 3. The highest BCUT2D eigenvalue weighted by molar-refractivity contribution is 6.03. The molecule has 0 radical (unpaired) electrons. The van der Waals surface area contributed by atoms with Crippen LogP contribution in [-0.2, 0) is 11.2 Å². The first-order valence-corrected chi connectivity index (χ1v) is 9.25. The maximum atomic E-state index is 12.5. The number of H-pyrrole nitrogens is 1. The number of nitrogens with one attached hydrogen (secondary N) is 3. The van der Waals surface area contributed by atoms with Gasteiger partial charge in [-0.15, -0.1) is 0 Å². The van der Waals surface area contributed by atoms with Crippen molar-refractivity contribution >= 4 is 22.7 Å². The van der Waals surface area contributed by atoms with Crippen molar-refractivity contribution in [2.24, 2.45) is 0 Å². The molecule has 2 amide bonds. The average Bonchev–Trinajstić information content (AvgIpc) is 3.14. The summed E-state index contributed by atoms with van der Waals surface area (Å²) in [7, 11) is 0. The van der Waals surface area contributed by atoms with Crippen LogP contribution in [0.25, 0.3) is 10.9 Å². The first-order valence-electron chi connectivity index (χ1n) is 9.25.